The molecule has 0 aliphatic carbocycles. The maximum Gasteiger partial charge on any atom is 0.305 e. The Hall–Kier alpha value is -2.04. The molecule has 1 atom stereocenters. The molecule has 20 heavy (non-hydrogen) atoms. The Balaban J connectivity index is 1.98. The molecule has 0 spiro atoms. The van der Waals surface area contributed by atoms with E-state index < -0.39 is 0 Å². The van der Waals surface area contributed by atoms with E-state index in [1.807, 2.05) is 6.07 Å². The summed E-state index contributed by atoms with van der Waals surface area (Å²) in [6, 6.07) is 7.96. The number of hydrogen-bond donors (Lipinski definition) is 0. The molecule has 106 valence electrons. The predicted octanol–water partition coefficient (Wildman–Crippen LogP) is 2.29. The van der Waals surface area contributed by atoms with Gasteiger partial charge in [-0.2, -0.15) is 0 Å². The van der Waals surface area contributed by atoms with Gasteiger partial charge >= 0.3 is 5.97 Å². The molecule has 1 aromatic rings. The van der Waals surface area contributed by atoms with Crippen LogP contribution < -0.4 is 0 Å². The normalized spacial score (nSPS) is 15.8. The first-order valence-corrected chi connectivity index (χ1v) is 6.63. The summed E-state index contributed by atoms with van der Waals surface area (Å²) < 4.78 is 4.63. The minimum Gasteiger partial charge on any atom is -0.469 e. The average molecular weight is 274 g/mol. The number of ether oxygens (including phenoxy) is 1. The zero-order chi connectivity index (χ0) is 14.4. The highest BCUT2D eigenvalue weighted by atomic mass is 16.5. The molecule has 0 amide bonds. The van der Waals surface area contributed by atoms with E-state index in [2.05, 4.69) is 37.9 Å². The lowest BCUT2D eigenvalue weighted by molar-refractivity contribution is -0.141. The topological polar surface area (TPSA) is 78.3 Å². The van der Waals surface area contributed by atoms with E-state index >= 15 is 0 Å². The second kappa shape index (κ2) is 6.93. The van der Waals surface area contributed by atoms with Crippen LogP contribution in [0.4, 0.5) is 0 Å². The van der Waals surface area contributed by atoms with Gasteiger partial charge in [-0.15, -0.1) is 0 Å². The summed E-state index contributed by atoms with van der Waals surface area (Å²) >= 11 is 0. The van der Waals surface area contributed by atoms with Crippen molar-refractivity contribution in [1.82, 2.24) is 4.90 Å². The van der Waals surface area contributed by atoms with Crippen LogP contribution in [0.15, 0.2) is 29.4 Å². The van der Waals surface area contributed by atoms with Crippen molar-refractivity contribution in [2.24, 2.45) is 5.11 Å². The third-order valence-electron chi connectivity index (χ3n) is 3.52. The summed E-state index contributed by atoms with van der Waals surface area (Å²) in [6.07, 6.45) is 1.11. The van der Waals surface area contributed by atoms with Crippen molar-refractivity contribution in [3.05, 3.63) is 45.8 Å². The molecule has 6 heteroatoms. The summed E-state index contributed by atoms with van der Waals surface area (Å²) in [5.41, 5.74) is 11.3. The Morgan fingerprint density at radius 1 is 1.50 bits per heavy atom. The zero-order valence-corrected chi connectivity index (χ0v) is 11.5. The van der Waals surface area contributed by atoms with Gasteiger partial charge in [0.15, 0.2) is 0 Å². The van der Waals surface area contributed by atoms with Crippen LogP contribution in [0.25, 0.3) is 10.4 Å². The highest BCUT2D eigenvalue weighted by Crippen LogP contribution is 2.19. The first kappa shape index (κ1) is 14.4. The van der Waals surface area contributed by atoms with Gasteiger partial charge in [-0.05, 0) is 23.1 Å². The van der Waals surface area contributed by atoms with Gasteiger partial charge in [0.05, 0.1) is 19.6 Å². The van der Waals surface area contributed by atoms with E-state index in [9.17, 15) is 4.79 Å². The Labute approximate surface area is 118 Å². The van der Waals surface area contributed by atoms with Crippen molar-refractivity contribution in [1.29, 1.82) is 0 Å². The SMILES string of the molecule is COC(=O)C[C@@H](CN1CCc2ccccc2C1)N=[N+]=[N-]. The molecule has 0 N–H and O–H groups in total. The van der Waals surface area contributed by atoms with Gasteiger partial charge in [-0.25, -0.2) is 0 Å². The fourth-order valence-electron chi connectivity index (χ4n) is 2.50. The average Bonchev–Trinajstić information content (AvgIpc) is 2.47. The number of carbonyl (C=O) groups is 1. The van der Waals surface area contributed by atoms with Gasteiger partial charge in [0.2, 0.25) is 0 Å². The van der Waals surface area contributed by atoms with Gasteiger partial charge in [-0.1, -0.05) is 29.4 Å². The third kappa shape index (κ3) is 3.73. The van der Waals surface area contributed by atoms with Gasteiger partial charge < -0.3 is 4.74 Å². The molecule has 0 radical (unpaired) electrons. The van der Waals surface area contributed by atoms with Crippen LogP contribution >= 0.6 is 0 Å². The Bertz CT molecular complexity index is 526. The molecule has 0 aromatic heterocycles. The van der Waals surface area contributed by atoms with Crippen molar-refractivity contribution in [3.63, 3.8) is 0 Å². The molecule has 0 unspecified atom stereocenters. The summed E-state index contributed by atoms with van der Waals surface area (Å²) in [7, 11) is 1.34. The molecule has 0 bridgehead atoms. The number of carbonyl (C=O) groups excluding carboxylic acids is 1. The fourth-order valence-corrected chi connectivity index (χ4v) is 2.50. The second-order valence-corrected chi connectivity index (χ2v) is 4.89. The molecule has 6 nitrogen and oxygen atoms in total. The van der Waals surface area contributed by atoms with Crippen LogP contribution in [-0.2, 0) is 22.5 Å². The third-order valence-corrected chi connectivity index (χ3v) is 3.52. The predicted molar refractivity (Wildman–Crippen MR) is 75.0 cm³/mol. The van der Waals surface area contributed by atoms with Crippen molar-refractivity contribution in [2.75, 3.05) is 20.2 Å². The number of rotatable bonds is 5. The van der Waals surface area contributed by atoms with E-state index in [-0.39, 0.29) is 18.4 Å². The number of methoxy groups -OCH3 is 1. The summed E-state index contributed by atoms with van der Waals surface area (Å²) in [5, 5.41) is 3.70. The monoisotopic (exact) mass is 274 g/mol. The van der Waals surface area contributed by atoms with Crippen LogP contribution in [0.2, 0.25) is 0 Å². The maximum absolute atomic E-state index is 11.3. The molecule has 1 heterocycles. The number of hydrogen-bond acceptors (Lipinski definition) is 4. The van der Waals surface area contributed by atoms with Gasteiger partial charge in [-0.3, -0.25) is 9.69 Å². The largest absolute Gasteiger partial charge is 0.469 e. The number of fused-ring (bicyclic) bond motifs is 1. The number of esters is 1. The minimum atomic E-state index is -0.377. The summed E-state index contributed by atoms with van der Waals surface area (Å²) in [6.45, 7) is 2.32. The van der Waals surface area contributed by atoms with Crippen LogP contribution in [0.1, 0.15) is 17.5 Å². The summed E-state index contributed by atoms with van der Waals surface area (Å²) in [5.74, 6) is -0.347. The molecule has 0 fully saturated rings. The smallest absolute Gasteiger partial charge is 0.305 e. The van der Waals surface area contributed by atoms with Crippen LogP contribution in [0, 0.1) is 0 Å². The quantitative estimate of drug-likeness (QED) is 0.357. The number of benzene rings is 1. The molecular weight excluding hydrogens is 256 g/mol. The Morgan fingerprint density at radius 2 is 2.25 bits per heavy atom. The lowest BCUT2D eigenvalue weighted by atomic mass is 9.99. The first-order chi connectivity index (χ1) is 9.72. The van der Waals surface area contributed by atoms with E-state index in [0.717, 1.165) is 19.5 Å². The molecule has 0 saturated carbocycles. The molecule has 0 saturated heterocycles. The standard InChI is InChI=1S/C14H18N4O2/c1-20-14(19)8-13(16-17-15)10-18-7-6-11-4-2-3-5-12(11)9-18/h2-5,13H,6-10H2,1H3/t13-/m0/s1. The maximum atomic E-state index is 11.3. The fraction of sp³-hybridized carbons (Fsp3) is 0.500. The van der Waals surface area contributed by atoms with Crippen LogP contribution in [-0.4, -0.2) is 37.1 Å². The first-order valence-electron chi connectivity index (χ1n) is 6.63. The lowest BCUT2D eigenvalue weighted by Gasteiger charge is -2.30. The van der Waals surface area contributed by atoms with Crippen molar-refractivity contribution >= 4 is 5.97 Å². The van der Waals surface area contributed by atoms with E-state index in [1.54, 1.807) is 0 Å². The Kier molecular flexibility index (Phi) is 4.98. The van der Waals surface area contributed by atoms with Crippen LogP contribution in [0.3, 0.4) is 0 Å². The highest BCUT2D eigenvalue weighted by molar-refractivity contribution is 5.69. The zero-order valence-electron chi connectivity index (χ0n) is 11.5. The van der Waals surface area contributed by atoms with Crippen molar-refractivity contribution in [2.45, 2.75) is 25.4 Å². The van der Waals surface area contributed by atoms with Gasteiger partial charge in [0.25, 0.3) is 0 Å². The van der Waals surface area contributed by atoms with Crippen LogP contribution in [0.5, 0.6) is 0 Å². The lowest BCUT2D eigenvalue weighted by Crippen LogP contribution is -2.36. The second-order valence-electron chi connectivity index (χ2n) is 4.89. The van der Waals surface area contributed by atoms with E-state index in [1.165, 1.54) is 18.2 Å². The molecule has 1 aromatic carbocycles. The van der Waals surface area contributed by atoms with Gasteiger partial charge in [0, 0.05) is 24.5 Å². The highest BCUT2D eigenvalue weighted by Gasteiger charge is 2.20. The minimum absolute atomic E-state index is 0.124. The van der Waals surface area contributed by atoms with E-state index in [0.29, 0.717) is 6.54 Å². The molecule has 1 aliphatic heterocycles. The number of azide groups is 1. The van der Waals surface area contributed by atoms with Crippen molar-refractivity contribution in [3.8, 4) is 0 Å². The van der Waals surface area contributed by atoms with E-state index in [4.69, 9.17) is 5.53 Å². The molecular formula is C14H18N4O2. The number of nitrogens with zero attached hydrogens (tertiary/aromatic N) is 4. The molecule has 1 aliphatic rings. The summed E-state index contributed by atoms with van der Waals surface area (Å²) in [4.78, 5) is 16.3. The Morgan fingerprint density at radius 3 is 2.95 bits per heavy atom. The molecule has 2 rings (SSSR count). The van der Waals surface area contributed by atoms with Crippen molar-refractivity contribution < 1.29 is 9.53 Å². The van der Waals surface area contributed by atoms with Gasteiger partial charge in [0.1, 0.15) is 0 Å².